The molecule has 0 aliphatic rings. The number of nitrogens with zero attached hydrogens (tertiary/aromatic N) is 2. The van der Waals surface area contributed by atoms with Crippen LogP contribution in [-0.4, -0.2) is 28.6 Å². The molecule has 2 aromatic carbocycles. The van der Waals surface area contributed by atoms with Crippen LogP contribution in [0.2, 0.25) is 5.02 Å². The van der Waals surface area contributed by atoms with Crippen LogP contribution in [0, 0.1) is 0 Å². The zero-order valence-electron chi connectivity index (χ0n) is 19.6. The van der Waals surface area contributed by atoms with E-state index < -0.39 is 5.60 Å². The molecule has 3 aromatic rings. The first-order chi connectivity index (χ1) is 15.7. The lowest BCUT2D eigenvalue weighted by molar-refractivity contribution is -0.154. The van der Waals surface area contributed by atoms with E-state index in [0.29, 0.717) is 35.9 Å². The minimum Gasteiger partial charge on any atom is -0.460 e. The number of aryl methyl sites for hydroxylation is 1. The van der Waals surface area contributed by atoms with Crippen molar-refractivity contribution >= 4 is 29.1 Å². The summed E-state index contributed by atoms with van der Waals surface area (Å²) in [4.78, 5) is 21.1. The van der Waals surface area contributed by atoms with Crippen molar-refractivity contribution < 1.29 is 9.53 Å². The van der Waals surface area contributed by atoms with Crippen molar-refractivity contribution in [2.75, 3.05) is 12.4 Å². The summed E-state index contributed by atoms with van der Waals surface area (Å²) in [6, 6.07) is 16.1. The predicted octanol–water partition coefficient (Wildman–Crippen LogP) is 5.46. The number of rotatable bonds is 9. The minimum atomic E-state index is -0.468. The van der Waals surface area contributed by atoms with Gasteiger partial charge in [0.1, 0.15) is 16.4 Å². The quantitative estimate of drug-likeness (QED) is 0.408. The van der Waals surface area contributed by atoms with E-state index in [0.717, 1.165) is 28.9 Å². The molecule has 2 N–H and O–H groups in total. The molecule has 0 radical (unpaired) electrons. The van der Waals surface area contributed by atoms with Crippen LogP contribution in [0.25, 0.3) is 0 Å². The van der Waals surface area contributed by atoms with Crippen molar-refractivity contribution in [1.82, 2.24) is 15.3 Å². The molecule has 0 bridgehead atoms. The molecule has 0 saturated carbocycles. The maximum Gasteiger partial charge on any atom is 0.306 e. The molecule has 1 heterocycles. The first kappa shape index (κ1) is 24.7. The van der Waals surface area contributed by atoms with Gasteiger partial charge in [-0.25, -0.2) is 9.97 Å². The summed E-state index contributed by atoms with van der Waals surface area (Å²) in [6.45, 7) is 6.36. The van der Waals surface area contributed by atoms with Crippen LogP contribution in [-0.2, 0) is 28.9 Å². The summed E-state index contributed by atoms with van der Waals surface area (Å²) in [5.74, 6) is 1.05. The maximum atomic E-state index is 12.0. The van der Waals surface area contributed by atoms with Gasteiger partial charge in [0.05, 0.1) is 6.20 Å². The van der Waals surface area contributed by atoms with E-state index in [1.54, 1.807) is 6.20 Å². The van der Waals surface area contributed by atoms with Gasteiger partial charge in [0.15, 0.2) is 5.82 Å². The van der Waals surface area contributed by atoms with E-state index >= 15 is 0 Å². The highest BCUT2D eigenvalue weighted by Gasteiger charge is 2.16. The molecule has 0 aliphatic carbocycles. The number of carbonyl (C=O) groups excluding carboxylic acids is 1. The second-order valence-electron chi connectivity index (χ2n) is 8.88. The van der Waals surface area contributed by atoms with E-state index in [9.17, 15) is 4.79 Å². The van der Waals surface area contributed by atoms with Crippen molar-refractivity contribution in [3.05, 3.63) is 82.3 Å². The Kier molecular flexibility index (Phi) is 8.42. The van der Waals surface area contributed by atoms with Crippen molar-refractivity contribution in [2.45, 2.75) is 52.2 Å². The van der Waals surface area contributed by atoms with E-state index in [2.05, 4.69) is 32.7 Å². The van der Waals surface area contributed by atoms with Gasteiger partial charge in [0.25, 0.3) is 0 Å². The van der Waals surface area contributed by atoms with Crippen molar-refractivity contribution in [3.63, 3.8) is 0 Å². The maximum absolute atomic E-state index is 12.0. The number of benzene rings is 2. The lowest BCUT2D eigenvalue weighted by Gasteiger charge is -2.19. The smallest absolute Gasteiger partial charge is 0.306 e. The summed E-state index contributed by atoms with van der Waals surface area (Å²) >= 11 is 6.37. The van der Waals surface area contributed by atoms with Crippen LogP contribution < -0.4 is 10.6 Å². The number of ether oxygens (including phenoxy) is 1. The fourth-order valence-electron chi connectivity index (χ4n) is 3.41. The Labute approximate surface area is 200 Å². The number of nitrogens with one attached hydrogen (secondary N) is 2. The molecule has 0 amide bonds. The summed E-state index contributed by atoms with van der Waals surface area (Å²) < 4.78 is 5.40. The van der Waals surface area contributed by atoms with Gasteiger partial charge in [-0.05, 0) is 57.0 Å². The Morgan fingerprint density at radius 1 is 1.09 bits per heavy atom. The second-order valence-corrected chi connectivity index (χ2v) is 9.29. The zero-order valence-corrected chi connectivity index (χ0v) is 20.4. The first-order valence-corrected chi connectivity index (χ1v) is 11.4. The van der Waals surface area contributed by atoms with Crippen LogP contribution in [0.1, 0.15) is 49.7 Å². The Balaban J connectivity index is 1.69. The molecule has 0 saturated heterocycles. The molecule has 0 aliphatic heterocycles. The van der Waals surface area contributed by atoms with Gasteiger partial charge in [-0.3, -0.25) is 4.79 Å². The zero-order chi connectivity index (χ0) is 23.8. The molecule has 1 aromatic heterocycles. The lowest BCUT2D eigenvalue weighted by Crippen LogP contribution is -2.24. The average molecular weight is 467 g/mol. The third-order valence-corrected chi connectivity index (χ3v) is 5.10. The third kappa shape index (κ3) is 7.84. The Morgan fingerprint density at radius 2 is 1.85 bits per heavy atom. The number of aromatic nitrogens is 2. The molecule has 0 fully saturated rings. The van der Waals surface area contributed by atoms with Gasteiger partial charge in [-0.1, -0.05) is 54.1 Å². The summed E-state index contributed by atoms with van der Waals surface area (Å²) in [5.41, 5.74) is 3.74. The second kappa shape index (κ2) is 11.3. The SMILES string of the molecule is CNCc1ccccc1Nc1nc(Cc2cccc(CCC(=O)OC(C)(C)C)c2)ncc1Cl. The fourth-order valence-corrected chi connectivity index (χ4v) is 3.55. The van der Waals surface area contributed by atoms with Crippen molar-refractivity contribution in [2.24, 2.45) is 0 Å². The van der Waals surface area contributed by atoms with Gasteiger partial charge < -0.3 is 15.4 Å². The van der Waals surface area contributed by atoms with E-state index in [1.807, 2.05) is 64.2 Å². The molecule has 7 heteroatoms. The standard InChI is InChI=1S/C26H31ClN4O2/c1-26(2,3)33-24(32)13-12-18-8-7-9-19(14-18)15-23-29-17-21(27)25(31-23)30-22-11-6-5-10-20(22)16-28-4/h5-11,14,17,28H,12-13,15-16H2,1-4H3,(H,29,30,31). The molecule has 0 spiro atoms. The highest BCUT2D eigenvalue weighted by atomic mass is 35.5. The fraction of sp³-hybridized carbons (Fsp3) is 0.346. The lowest BCUT2D eigenvalue weighted by atomic mass is 10.0. The molecule has 174 valence electrons. The highest BCUT2D eigenvalue weighted by molar-refractivity contribution is 6.32. The van der Waals surface area contributed by atoms with Crippen molar-refractivity contribution in [1.29, 1.82) is 0 Å². The summed E-state index contributed by atoms with van der Waals surface area (Å²) in [6.07, 6.45) is 3.15. The number of hydrogen-bond donors (Lipinski definition) is 2. The highest BCUT2D eigenvalue weighted by Crippen LogP contribution is 2.25. The van der Waals surface area contributed by atoms with Crippen LogP contribution in [0.15, 0.2) is 54.7 Å². The molecule has 0 unspecified atom stereocenters. The van der Waals surface area contributed by atoms with E-state index in [4.69, 9.17) is 16.3 Å². The normalized spacial score (nSPS) is 11.3. The number of esters is 1. The van der Waals surface area contributed by atoms with E-state index in [-0.39, 0.29) is 5.97 Å². The number of halogens is 1. The number of anilines is 2. The van der Waals surface area contributed by atoms with Crippen LogP contribution >= 0.6 is 11.6 Å². The number of para-hydroxylation sites is 1. The number of hydrogen-bond acceptors (Lipinski definition) is 6. The Bertz CT molecular complexity index is 1100. The Hall–Kier alpha value is -2.96. The minimum absolute atomic E-state index is 0.191. The third-order valence-electron chi connectivity index (χ3n) is 4.82. The average Bonchev–Trinajstić information content (AvgIpc) is 2.75. The largest absolute Gasteiger partial charge is 0.460 e. The number of carbonyl (C=O) groups is 1. The summed E-state index contributed by atoms with van der Waals surface area (Å²) in [5, 5.41) is 6.97. The predicted molar refractivity (Wildman–Crippen MR) is 133 cm³/mol. The van der Waals surface area contributed by atoms with Gasteiger partial charge in [-0.2, -0.15) is 0 Å². The van der Waals surface area contributed by atoms with Crippen molar-refractivity contribution in [3.8, 4) is 0 Å². The first-order valence-electron chi connectivity index (χ1n) is 11.0. The van der Waals surface area contributed by atoms with Gasteiger partial charge in [-0.15, -0.1) is 0 Å². The molecule has 6 nitrogen and oxygen atoms in total. The molecule has 0 atom stereocenters. The van der Waals surface area contributed by atoms with Crippen LogP contribution in [0.3, 0.4) is 0 Å². The molecule has 33 heavy (non-hydrogen) atoms. The molecule has 3 rings (SSSR count). The van der Waals surface area contributed by atoms with Crippen LogP contribution in [0.5, 0.6) is 0 Å². The van der Waals surface area contributed by atoms with Gasteiger partial charge >= 0.3 is 5.97 Å². The Morgan fingerprint density at radius 3 is 2.61 bits per heavy atom. The van der Waals surface area contributed by atoms with Gasteiger partial charge in [0.2, 0.25) is 0 Å². The monoisotopic (exact) mass is 466 g/mol. The molecular formula is C26H31ClN4O2. The van der Waals surface area contributed by atoms with Crippen LogP contribution in [0.4, 0.5) is 11.5 Å². The molecular weight excluding hydrogens is 436 g/mol. The summed E-state index contributed by atoms with van der Waals surface area (Å²) in [7, 11) is 1.91. The topological polar surface area (TPSA) is 76.1 Å². The van der Waals surface area contributed by atoms with E-state index in [1.165, 1.54) is 0 Å². The van der Waals surface area contributed by atoms with Gasteiger partial charge in [0, 0.05) is 25.1 Å².